The molecule has 0 aliphatic carbocycles. The average Bonchev–Trinajstić information content (AvgIpc) is 3.38. The molecule has 1 atom stereocenters. The highest BCUT2D eigenvalue weighted by atomic mass is 32.1. The molecule has 1 aliphatic heterocycles. The Balaban J connectivity index is 1.88. The molecule has 3 heterocycles. The summed E-state index contributed by atoms with van der Waals surface area (Å²) in [4.78, 5) is 32.7. The maximum Gasteiger partial charge on any atom is 0.296 e. The monoisotopic (exact) mass is 456 g/mol. The van der Waals surface area contributed by atoms with Crippen LogP contribution in [0.15, 0.2) is 35.6 Å². The average molecular weight is 457 g/mol. The van der Waals surface area contributed by atoms with E-state index in [1.807, 2.05) is 13.8 Å². The van der Waals surface area contributed by atoms with Gasteiger partial charge in [0.15, 0.2) is 5.76 Å². The van der Waals surface area contributed by atoms with Gasteiger partial charge in [0.25, 0.3) is 5.91 Å². The summed E-state index contributed by atoms with van der Waals surface area (Å²) in [6.45, 7) is 7.66. The fourth-order valence-electron chi connectivity index (χ4n) is 3.54. The van der Waals surface area contributed by atoms with Crippen LogP contribution in [0.2, 0.25) is 0 Å². The van der Waals surface area contributed by atoms with Gasteiger partial charge in [-0.15, -0.1) is 21.5 Å². The smallest absolute Gasteiger partial charge is 0.296 e. The van der Waals surface area contributed by atoms with Crippen LogP contribution < -0.4 is 9.64 Å². The summed E-state index contributed by atoms with van der Waals surface area (Å²) in [5, 5.41) is 20.6. The Labute approximate surface area is 186 Å². The molecule has 4 rings (SSSR count). The Morgan fingerprint density at radius 2 is 1.97 bits per heavy atom. The Bertz CT molecular complexity index is 1210. The summed E-state index contributed by atoms with van der Waals surface area (Å²) in [6, 6.07) is 6.27. The largest absolute Gasteiger partial charge is 0.503 e. The fraction of sp³-hybridized carbons (Fsp3) is 0.286. The predicted molar refractivity (Wildman–Crippen MR) is 118 cm³/mol. The van der Waals surface area contributed by atoms with Crippen molar-refractivity contribution in [3.05, 3.63) is 61.7 Å². The van der Waals surface area contributed by atoms with E-state index in [1.54, 1.807) is 38.1 Å². The van der Waals surface area contributed by atoms with E-state index in [2.05, 4.69) is 15.2 Å². The molecule has 0 fully saturated rings. The van der Waals surface area contributed by atoms with Gasteiger partial charge in [0.05, 0.1) is 33.8 Å². The van der Waals surface area contributed by atoms with Gasteiger partial charge < -0.3 is 9.84 Å². The first-order valence-electron chi connectivity index (χ1n) is 9.60. The maximum atomic E-state index is 13.5. The zero-order valence-electron chi connectivity index (χ0n) is 17.4. The number of aryl methyl sites for hydroxylation is 3. The number of ketones is 1. The number of thiazole rings is 1. The van der Waals surface area contributed by atoms with Crippen molar-refractivity contribution in [2.24, 2.45) is 0 Å². The van der Waals surface area contributed by atoms with Crippen molar-refractivity contribution in [2.75, 3.05) is 11.5 Å². The SMILES string of the molecule is CCOc1cccc(C2C(C(=O)c3sc(C)nc3C)=C(O)C(=O)N2c2nnc(C)s2)c1. The normalized spacial score (nSPS) is 16.3. The topological polar surface area (TPSA) is 106 Å². The minimum absolute atomic E-state index is 0.00162. The van der Waals surface area contributed by atoms with Crippen molar-refractivity contribution in [2.45, 2.75) is 33.7 Å². The lowest BCUT2D eigenvalue weighted by Crippen LogP contribution is -2.31. The zero-order chi connectivity index (χ0) is 22.3. The van der Waals surface area contributed by atoms with E-state index in [-0.39, 0.29) is 5.57 Å². The lowest BCUT2D eigenvalue weighted by Gasteiger charge is -2.24. The molecule has 8 nitrogen and oxygen atoms in total. The Morgan fingerprint density at radius 3 is 2.58 bits per heavy atom. The molecule has 2 aromatic heterocycles. The molecule has 1 aliphatic rings. The van der Waals surface area contributed by atoms with Crippen LogP contribution in [0.3, 0.4) is 0 Å². The van der Waals surface area contributed by atoms with E-state index in [0.717, 1.165) is 5.01 Å². The van der Waals surface area contributed by atoms with E-state index < -0.39 is 23.5 Å². The maximum absolute atomic E-state index is 13.5. The fourth-order valence-corrected chi connectivity index (χ4v) is 5.13. The van der Waals surface area contributed by atoms with Crippen molar-refractivity contribution in [3.8, 4) is 5.75 Å². The number of amides is 1. The third-order valence-electron chi connectivity index (χ3n) is 4.77. The quantitative estimate of drug-likeness (QED) is 0.557. The molecule has 0 saturated carbocycles. The number of hydrogen-bond donors (Lipinski definition) is 1. The van der Waals surface area contributed by atoms with E-state index in [0.29, 0.717) is 38.6 Å². The van der Waals surface area contributed by atoms with Gasteiger partial charge in [0.2, 0.25) is 10.9 Å². The summed E-state index contributed by atoms with van der Waals surface area (Å²) in [5.41, 5.74) is 1.18. The van der Waals surface area contributed by atoms with Gasteiger partial charge in [0, 0.05) is 0 Å². The Kier molecular flexibility index (Phi) is 5.59. The van der Waals surface area contributed by atoms with Gasteiger partial charge in [-0.3, -0.25) is 14.5 Å². The molecule has 0 saturated heterocycles. The van der Waals surface area contributed by atoms with Crippen LogP contribution in [-0.2, 0) is 4.79 Å². The second kappa shape index (κ2) is 8.20. The van der Waals surface area contributed by atoms with E-state index in [1.165, 1.54) is 27.6 Å². The number of ether oxygens (including phenoxy) is 1. The minimum atomic E-state index is -0.866. The molecular formula is C21H20N4O4S2. The van der Waals surface area contributed by atoms with Gasteiger partial charge in [-0.05, 0) is 45.4 Å². The predicted octanol–water partition coefficient (Wildman–Crippen LogP) is 4.10. The molecule has 1 amide bonds. The number of nitrogens with zero attached hydrogens (tertiary/aromatic N) is 4. The summed E-state index contributed by atoms with van der Waals surface area (Å²) >= 11 is 2.45. The van der Waals surface area contributed by atoms with E-state index >= 15 is 0 Å². The number of carbonyl (C=O) groups excluding carboxylic acids is 2. The van der Waals surface area contributed by atoms with Crippen LogP contribution in [0.1, 0.15) is 43.9 Å². The van der Waals surface area contributed by atoms with Crippen LogP contribution in [-0.4, -0.2) is 38.6 Å². The minimum Gasteiger partial charge on any atom is -0.503 e. The van der Waals surface area contributed by atoms with Crippen LogP contribution in [0, 0.1) is 20.8 Å². The first-order valence-corrected chi connectivity index (χ1v) is 11.2. The Hall–Kier alpha value is -3.11. The molecule has 3 aromatic rings. The second-order valence-corrected chi connectivity index (χ2v) is 9.29. The molecule has 31 heavy (non-hydrogen) atoms. The number of aliphatic hydroxyl groups excluding tert-OH is 1. The molecular weight excluding hydrogens is 436 g/mol. The Morgan fingerprint density at radius 1 is 1.19 bits per heavy atom. The number of Topliss-reactive ketones (excluding diaryl/α,β-unsaturated/α-hetero) is 1. The lowest BCUT2D eigenvalue weighted by molar-refractivity contribution is -0.117. The molecule has 0 spiro atoms. The third kappa shape index (κ3) is 3.72. The molecule has 0 bridgehead atoms. The van der Waals surface area contributed by atoms with Crippen molar-refractivity contribution < 1.29 is 19.4 Å². The van der Waals surface area contributed by atoms with Crippen LogP contribution in [0.25, 0.3) is 0 Å². The standard InChI is InChI=1S/C21H20N4O4S2/c1-5-29-14-8-6-7-13(9-14)16-15(17(26)19-10(2)22-11(3)30-19)18(27)20(28)25(16)21-24-23-12(4)31-21/h6-9,16,27H,5H2,1-4H3. The van der Waals surface area contributed by atoms with Gasteiger partial charge in [-0.1, -0.05) is 23.5 Å². The van der Waals surface area contributed by atoms with Gasteiger partial charge in [-0.25, -0.2) is 4.98 Å². The number of aliphatic hydroxyl groups is 1. The summed E-state index contributed by atoms with van der Waals surface area (Å²) in [7, 11) is 0. The van der Waals surface area contributed by atoms with Gasteiger partial charge in [-0.2, -0.15) is 0 Å². The number of aromatic nitrogens is 3. The molecule has 1 unspecified atom stereocenters. The van der Waals surface area contributed by atoms with Crippen molar-refractivity contribution in [3.63, 3.8) is 0 Å². The number of anilines is 1. The first kappa shape index (κ1) is 21.1. The first-order chi connectivity index (χ1) is 14.8. The van der Waals surface area contributed by atoms with E-state index in [9.17, 15) is 14.7 Å². The van der Waals surface area contributed by atoms with Crippen molar-refractivity contribution in [1.82, 2.24) is 15.2 Å². The highest BCUT2D eigenvalue weighted by Gasteiger charge is 2.46. The lowest BCUT2D eigenvalue weighted by atomic mass is 9.95. The molecule has 1 N–H and O–H groups in total. The summed E-state index contributed by atoms with van der Waals surface area (Å²) in [5.74, 6) is -1.10. The van der Waals surface area contributed by atoms with E-state index in [4.69, 9.17) is 4.74 Å². The number of benzene rings is 1. The highest BCUT2D eigenvalue weighted by molar-refractivity contribution is 7.15. The van der Waals surface area contributed by atoms with Gasteiger partial charge >= 0.3 is 0 Å². The number of hydrogen-bond acceptors (Lipinski definition) is 9. The van der Waals surface area contributed by atoms with Crippen LogP contribution in [0.4, 0.5) is 5.13 Å². The van der Waals surface area contributed by atoms with Crippen LogP contribution >= 0.6 is 22.7 Å². The number of rotatable bonds is 6. The summed E-state index contributed by atoms with van der Waals surface area (Å²) < 4.78 is 5.61. The molecule has 10 heteroatoms. The molecule has 1 aromatic carbocycles. The van der Waals surface area contributed by atoms with Crippen molar-refractivity contribution in [1.29, 1.82) is 0 Å². The van der Waals surface area contributed by atoms with Crippen molar-refractivity contribution >= 4 is 39.5 Å². The second-order valence-electron chi connectivity index (χ2n) is 6.93. The highest BCUT2D eigenvalue weighted by Crippen LogP contribution is 2.44. The number of carbonyl (C=O) groups is 2. The third-order valence-corrected chi connectivity index (χ3v) is 6.68. The molecule has 160 valence electrons. The molecule has 0 radical (unpaired) electrons. The zero-order valence-corrected chi connectivity index (χ0v) is 19.0. The van der Waals surface area contributed by atoms with Crippen LogP contribution in [0.5, 0.6) is 5.75 Å². The summed E-state index contributed by atoms with van der Waals surface area (Å²) in [6.07, 6.45) is 0. The van der Waals surface area contributed by atoms with Gasteiger partial charge in [0.1, 0.15) is 10.8 Å².